The highest BCUT2D eigenvalue weighted by Crippen LogP contribution is 2.32. The van der Waals surface area contributed by atoms with Crippen molar-refractivity contribution in [1.82, 2.24) is 0 Å². The third kappa shape index (κ3) is 6.05. The van der Waals surface area contributed by atoms with Gasteiger partial charge in [-0.1, -0.05) is 93.3 Å². The van der Waals surface area contributed by atoms with E-state index in [-0.39, 0.29) is 0 Å². The quantitative estimate of drug-likeness (QED) is 0.584. The molecule has 1 aliphatic rings. The first kappa shape index (κ1) is 16.8. The van der Waals surface area contributed by atoms with Crippen molar-refractivity contribution in [2.75, 3.05) is 0 Å². The van der Waals surface area contributed by atoms with E-state index < -0.39 is 0 Å². The zero-order chi connectivity index (χ0) is 15.5. The number of rotatable bonds is 4. The van der Waals surface area contributed by atoms with Crippen molar-refractivity contribution in [2.24, 2.45) is 0 Å². The Bertz CT molecular complexity index is 480. The molecule has 3 rings (SSSR count). The Labute approximate surface area is 136 Å². The van der Waals surface area contributed by atoms with Crippen LogP contribution in [0.15, 0.2) is 60.7 Å². The van der Waals surface area contributed by atoms with Crippen LogP contribution in [-0.4, -0.2) is 0 Å². The molecule has 0 unspecified atom stereocenters. The summed E-state index contributed by atoms with van der Waals surface area (Å²) in [5.41, 5.74) is 3.02. The summed E-state index contributed by atoms with van der Waals surface area (Å²) in [6.45, 7) is 2.23. The van der Waals surface area contributed by atoms with Crippen molar-refractivity contribution in [2.45, 2.75) is 64.2 Å². The Morgan fingerprint density at radius 2 is 1.36 bits per heavy atom. The van der Waals surface area contributed by atoms with Crippen LogP contribution >= 0.6 is 0 Å². The van der Waals surface area contributed by atoms with E-state index in [1.165, 1.54) is 56.9 Å². The van der Waals surface area contributed by atoms with Crippen LogP contribution in [0.2, 0.25) is 0 Å². The third-order valence-corrected chi connectivity index (χ3v) is 4.54. The standard InChI is InChI=1S/C12H16.C10H14/c1-3-7-11(8-4-1)12-9-5-2-6-10-12;1-2-3-7-10-8-5-4-6-9-10/h1,3-4,7-8,12H,2,5-6,9-10H2;4-6,8-9H,2-3,7H2,1H3. The number of aryl methyl sites for hydroxylation is 1. The third-order valence-electron chi connectivity index (χ3n) is 4.54. The second kappa shape index (κ2) is 10.2. The van der Waals surface area contributed by atoms with E-state index in [2.05, 4.69) is 67.6 Å². The fourth-order valence-corrected chi connectivity index (χ4v) is 3.19. The summed E-state index contributed by atoms with van der Waals surface area (Å²) >= 11 is 0. The summed E-state index contributed by atoms with van der Waals surface area (Å²) in [4.78, 5) is 0. The fraction of sp³-hybridized carbons (Fsp3) is 0.455. The van der Waals surface area contributed by atoms with E-state index in [0.29, 0.717) is 0 Å². The van der Waals surface area contributed by atoms with Gasteiger partial charge in [-0.2, -0.15) is 0 Å². The summed E-state index contributed by atoms with van der Waals surface area (Å²) in [7, 11) is 0. The molecular weight excluding hydrogens is 264 g/mol. The molecule has 22 heavy (non-hydrogen) atoms. The normalized spacial score (nSPS) is 15.0. The van der Waals surface area contributed by atoms with Crippen molar-refractivity contribution in [3.05, 3.63) is 71.8 Å². The van der Waals surface area contributed by atoms with Gasteiger partial charge >= 0.3 is 0 Å². The maximum Gasteiger partial charge on any atom is -0.0162 e. The molecule has 0 nitrogen and oxygen atoms in total. The molecule has 0 bridgehead atoms. The van der Waals surface area contributed by atoms with Crippen LogP contribution < -0.4 is 0 Å². The van der Waals surface area contributed by atoms with Crippen molar-refractivity contribution in [3.63, 3.8) is 0 Å². The summed E-state index contributed by atoms with van der Waals surface area (Å²) in [5, 5.41) is 0. The number of unbranched alkanes of at least 4 members (excludes halogenated alkanes) is 1. The molecule has 0 amide bonds. The first-order chi connectivity index (χ1) is 10.9. The summed E-state index contributed by atoms with van der Waals surface area (Å²) < 4.78 is 0. The predicted octanol–water partition coefficient (Wildman–Crippen LogP) is 6.76. The van der Waals surface area contributed by atoms with Gasteiger partial charge in [-0.25, -0.2) is 0 Å². The molecule has 1 aliphatic carbocycles. The molecule has 0 atom stereocenters. The predicted molar refractivity (Wildman–Crippen MR) is 97.3 cm³/mol. The molecular formula is C22H30. The van der Waals surface area contributed by atoms with E-state index in [0.717, 1.165) is 5.92 Å². The Kier molecular flexibility index (Phi) is 7.80. The zero-order valence-corrected chi connectivity index (χ0v) is 14.0. The fourth-order valence-electron chi connectivity index (χ4n) is 3.19. The van der Waals surface area contributed by atoms with Crippen molar-refractivity contribution in [1.29, 1.82) is 0 Å². The van der Waals surface area contributed by atoms with Crippen LogP contribution in [0.4, 0.5) is 0 Å². The van der Waals surface area contributed by atoms with E-state index in [1.54, 1.807) is 5.56 Å². The summed E-state index contributed by atoms with van der Waals surface area (Å²) in [5.74, 6) is 0.861. The largest absolute Gasteiger partial charge is 0.0654 e. The maximum atomic E-state index is 2.27. The highest BCUT2D eigenvalue weighted by molar-refractivity contribution is 5.19. The van der Waals surface area contributed by atoms with Crippen LogP contribution in [0, 0.1) is 0 Å². The van der Waals surface area contributed by atoms with Crippen LogP contribution in [0.3, 0.4) is 0 Å². The lowest BCUT2D eigenvalue weighted by Gasteiger charge is -2.21. The zero-order valence-electron chi connectivity index (χ0n) is 14.0. The molecule has 1 saturated carbocycles. The number of hydrogen-bond donors (Lipinski definition) is 0. The first-order valence-corrected chi connectivity index (χ1v) is 8.99. The van der Waals surface area contributed by atoms with E-state index in [9.17, 15) is 0 Å². The van der Waals surface area contributed by atoms with Gasteiger partial charge in [0.1, 0.15) is 0 Å². The first-order valence-electron chi connectivity index (χ1n) is 8.99. The van der Waals surface area contributed by atoms with Gasteiger partial charge in [0.05, 0.1) is 0 Å². The molecule has 0 spiro atoms. The van der Waals surface area contributed by atoms with Gasteiger partial charge < -0.3 is 0 Å². The topological polar surface area (TPSA) is 0 Å². The smallest absolute Gasteiger partial charge is 0.0162 e. The van der Waals surface area contributed by atoms with Gasteiger partial charge in [0.2, 0.25) is 0 Å². The maximum absolute atomic E-state index is 2.27. The lowest BCUT2D eigenvalue weighted by molar-refractivity contribution is 0.443. The molecule has 0 N–H and O–H groups in total. The average molecular weight is 294 g/mol. The van der Waals surface area contributed by atoms with Crippen LogP contribution in [0.1, 0.15) is 68.9 Å². The van der Waals surface area contributed by atoms with Crippen molar-refractivity contribution in [3.8, 4) is 0 Å². The molecule has 1 fully saturated rings. The summed E-state index contributed by atoms with van der Waals surface area (Å²) in [6.07, 6.45) is 11.0. The van der Waals surface area contributed by atoms with Gasteiger partial charge in [0.15, 0.2) is 0 Å². The summed E-state index contributed by atoms with van der Waals surface area (Å²) in [6, 6.07) is 21.6. The van der Waals surface area contributed by atoms with Crippen molar-refractivity contribution >= 4 is 0 Å². The molecule has 0 aromatic heterocycles. The van der Waals surface area contributed by atoms with Gasteiger partial charge in [-0.15, -0.1) is 0 Å². The van der Waals surface area contributed by atoms with E-state index in [1.807, 2.05) is 0 Å². The number of hydrogen-bond acceptors (Lipinski definition) is 0. The molecule has 0 aliphatic heterocycles. The minimum atomic E-state index is 0.861. The molecule has 0 heteroatoms. The molecule has 118 valence electrons. The van der Waals surface area contributed by atoms with Gasteiger partial charge in [0, 0.05) is 0 Å². The molecule has 0 heterocycles. The molecule has 0 saturated heterocycles. The van der Waals surface area contributed by atoms with Gasteiger partial charge in [-0.3, -0.25) is 0 Å². The molecule has 2 aromatic carbocycles. The highest BCUT2D eigenvalue weighted by atomic mass is 14.2. The van der Waals surface area contributed by atoms with E-state index >= 15 is 0 Å². The van der Waals surface area contributed by atoms with E-state index in [4.69, 9.17) is 0 Å². The lowest BCUT2D eigenvalue weighted by Crippen LogP contribution is -2.03. The second-order valence-electron chi connectivity index (χ2n) is 6.33. The Balaban J connectivity index is 0.000000164. The minimum absolute atomic E-state index is 0.861. The minimum Gasteiger partial charge on any atom is -0.0654 e. The molecule has 2 aromatic rings. The van der Waals surface area contributed by atoms with Crippen LogP contribution in [-0.2, 0) is 6.42 Å². The van der Waals surface area contributed by atoms with Crippen LogP contribution in [0.5, 0.6) is 0 Å². The van der Waals surface area contributed by atoms with Gasteiger partial charge in [0.25, 0.3) is 0 Å². The monoisotopic (exact) mass is 294 g/mol. The second-order valence-corrected chi connectivity index (χ2v) is 6.33. The lowest BCUT2D eigenvalue weighted by atomic mass is 9.84. The highest BCUT2D eigenvalue weighted by Gasteiger charge is 2.14. The van der Waals surface area contributed by atoms with Crippen molar-refractivity contribution < 1.29 is 0 Å². The Hall–Kier alpha value is -1.56. The Morgan fingerprint density at radius 1 is 0.773 bits per heavy atom. The van der Waals surface area contributed by atoms with Crippen LogP contribution in [0.25, 0.3) is 0 Å². The number of benzene rings is 2. The molecule has 0 radical (unpaired) electrons. The van der Waals surface area contributed by atoms with Gasteiger partial charge in [-0.05, 0) is 42.7 Å². The average Bonchev–Trinajstić information content (AvgIpc) is 2.63. The SMILES string of the molecule is CCCCc1ccccc1.c1ccc(C2CCCCC2)cc1. The Morgan fingerprint density at radius 3 is 1.95 bits per heavy atom.